The Morgan fingerprint density at radius 1 is 0.808 bits per heavy atom. The summed E-state index contributed by atoms with van der Waals surface area (Å²) in [5, 5.41) is 2.07. The van der Waals surface area contributed by atoms with E-state index in [9.17, 15) is 0 Å². The van der Waals surface area contributed by atoms with Crippen LogP contribution in [-0.2, 0) is 5.41 Å². The van der Waals surface area contributed by atoms with Crippen molar-refractivity contribution in [2.24, 2.45) is 9.98 Å². The van der Waals surface area contributed by atoms with Gasteiger partial charge in [-0.3, -0.25) is 0 Å². The first-order valence-electron chi connectivity index (χ1n) is 17.8. The average Bonchev–Trinajstić information content (AvgIpc) is 3.74. The van der Waals surface area contributed by atoms with Crippen LogP contribution in [0.5, 0.6) is 0 Å². The van der Waals surface area contributed by atoms with Gasteiger partial charge >= 0.3 is 0 Å². The number of nitrogens with zero attached hydrogens (tertiary/aromatic N) is 5. The zero-order valence-electron chi connectivity index (χ0n) is 30.7. The van der Waals surface area contributed by atoms with Crippen LogP contribution in [0.3, 0.4) is 0 Å². The molecule has 0 radical (unpaired) electrons. The van der Waals surface area contributed by atoms with E-state index in [1.54, 1.807) is 11.3 Å². The number of allylic oxidation sites excluding steroid dienone is 6. The predicted molar refractivity (Wildman–Crippen MR) is 222 cm³/mol. The van der Waals surface area contributed by atoms with Gasteiger partial charge in [0.1, 0.15) is 0 Å². The second kappa shape index (κ2) is 16.6. The number of hydrogen-bond donors (Lipinski definition) is 0. The first-order chi connectivity index (χ1) is 25.2. The fraction of sp³-hybridized carbons (Fsp3) is 0.196. The topological polar surface area (TPSA) is 63.4 Å². The molecule has 3 aromatic carbocycles. The molecule has 6 heteroatoms. The van der Waals surface area contributed by atoms with Gasteiger partial charge in [-0.1, -0.05) is 149 Å². The SMILES string of the molecule is C=C(N=C(N=C(C)c1cccs1)C1=CCCC=C1)c1ccc(C(C)(C)c2ccc(-c3nc(/C(C)=C/C=C\CC)nc(-c4ccccc4)n3)cc2)cc1. The monoisotopic (exact) mass is 699 g/mol. The van der Waals surface area contributed by atoms with Gasteiger partial charge in [-0.25, -0.2) is 24.9 Å². The summed E-state index contributed by atoms with van der Waals surface area (Å²) in [5.74, 6) is 2.67. The molecule has 6 rings (SSSR count). The highest BCUT2D eigenvalue weighted by molar-refractivity contribution is 7.12. The summed E-state index contributed by atoms with van der Waals surface area (Å²) in [6.07, 6.45) is 15.7. The molecule has 0 amide bonds. The lowest BCUT2D eigenvalue weighted by atomic mass is 9.77. The molecular formula is C46H45N5S. The summed E-state index contributed by atoms with van der Waals surface area (Å²) < 4.78 is 0. The third-order valence-corrected chi connectivity index (χ3v) is 10.2. The van der Waals surface area contributed by atoms with E-state index >= 15 is 0 Å². The number of aliphatic imine (C=N–C) groups is 2. The van der Waals surface area contributed by atoms with E-state index in [0.717, 1.165) is 57.7 Å². The normalized spacial score (nSPS) is 14.2. The van der Waals surface area contributed by atoms with Crippen LogP contribution in [0.1, 0.15) is 81.3 Å². The lowest BCUT2D eigenvalue weighted by molar-refractivity contribution is 0.641. The van der Waals surface area contributed by atoms with E-state index in [1.807, 2.05) is 50.2 Å². The third-order valence-electron chi connectivity index (χ3n) is 9.19. The van der Waals surface area contributed by atoms with Crippen molar-refractivity contribution in [3.63, 3.8) is 0 Å². The molecule has 2 heterocycles. The van der Waals surface area contributed by atoms with E-state index in [0.29, 0.717) is 29.0 Å². The highest BCUT2D eigenvalue weighted by Crippen LogP contribution is 2.34. The summed E-state index contributed by atoms with van der Waals surface area (Å²) in [6.45, 7) is 15.0. The van der Waals surface area contributed by atoms with Gasteiger partial charge in [0.2, 0.25) is 0 Å². The molecule has 0 saturated carbocycles. The van der Waals surface area contributed by atoms with Crippen molar-refractivity contribution in [1.29, 1.82) is 0 Å². The molecular weight excluding hydrogens is 655 g/mol. The lowest BCUT2D eigenvalue weighted by Crippen LogP contribution is -2.18. The van der Waals surface area contributed by atoms with Crippen LogP contribution >= 0.6 is 11.3 Å². The maximum atomic E-state index is 4.97. The van der Waals surface area contributed by atoms with Crippen molar-refractivity contribution >= 4 is 34.2 Å². The van der Waals surface area contributed by atoms with Crippen LogP contribution in [0.15, 0.2) is 155 Å². The zero-order chi connectivity index (χ0) is 36.5. The Morgan fingerprint density at radius 2 is 1.48 bits per heavy atom. The van der Waals surface area contributed by atoms with Crippen molar-refractivity contribution in [3.8, 4) is 22.8 Å². The average molecular weight is 700 g/mol. The number of benzene rings is 3. The van der Waals surface area contributed by atoms with Gasteiger partial charge in [0.25, 0.3) is 0 Å². The molecule has 5 aromatic rings. The molecule has 0 spiro atoms. The molecule has 0 atom stereocenters. The van der Waals surface area contributed by atoms with Crippen LogP contribution in [0.2, 0.25) is 0 Å². The zero-order valence-corrected chi connectivity index (χ0v) is 31.5. The van der Waals surface area contributed by atoms with Crippen LogP contribution in [0, 0.1) is 0 Å². The summed E-state index contributed by atoms with van der Waals surface area (Å²) >= 11 is 1.68. The van der Waals surface area contributed by atoms with Crippen LogP contribution in [0.4, 0.5) is 0 Å². The molecule has 1 aliphatic rings. The fourth-order valence-corrected chi connectivity index (χ4v) is 6.60. The Labute approximate surface area is 312 Å². The Balaban J connectivity index is 1.25. The molecule has 0 N–H and O–H groups in total. The summed E-state index contributed by atoms with van der Waals surface area (Å²) in [5.41, 5.74) is 8.65. The minimum atomic E-state index is -0.253. The molecule has 0 saturated heterocycles. The summed E-state index contributed by atoms with van der Waals surface area (Å²) in [7, 11) is 0. The minimum Gasteiger partial charge on any atom is -0.232 e. The van der Waals surface area contributed by atoms with Crippen LogP contribution in [-0.4, -0.2) is 26.5 Å². The summed E-state index contributed by atoms with van der Waals surface area (Å²) in [4.78, 5) is 25.7. The van der Waals surface area contributed by atoms with E-state index in [1.165, 1.54) is 11.1 Å². The standard InChI is InChI=1S/C46H45N5S/c1-7-8-11-17-32(2)42-49-44(37-20-14-10-15-21-37)51-45(50-42)38-25-29-40(30-26-38)46(5,6)39-27-23-35(24-28-39)33(3)47-43(36-18-12-9-13-19-36)48-34(4)41-22-16-31-52-41/h8,10-12,14-31H,3,7,9,13H2,1-2,4-6H3/b11-8-,32-17+,47-43?,48-34?. The van der Waals surface area contributed by atoms with Gasteiger partial charge in [-0.2, -0.15) is 0 Å². The van der Waals surface area contributed by atoms with Gasteiger partial charge in [0, 0.05) is 27.0 Å². The fourth-order valence-electron chi connectivity index (χ4n) is 5.93. The van der Waals surface area contributed by atoms with E-state index in [4.69, 9.17) is 24.9 Å². The van der Waals surface area contributed by atoms with Crippen molar-refractivity contribution < 1.29 is 0 Å². The first kappa shape index (κ1) is 36.2. The van der Waals surface area contributed by atoms with Gasteiger partial charge in [-0.15, -0.1) is 11.3 Å². The maximum Gasteiger partial charge on any atom is 0.164 e. The molecule has 0 bridgehead atoms. The molecule has 52 heavy (non-hydrogen) atoms. The second-order valence-corrected chi connectivity index (χ2v) is 14.3. The Hall–Kier alpha value is -5.59. The van der Waals surface area contributed by atoms with Crippen molar-refractivity contribution in [1.82, 2.24) is 15.0 Å². The van der Waals surface area contributed by atoms with Gasteiger partial charge in [-0.05, 0) is 66.8 Å². The number of rotatable bonds is 11. The number of amidine groups is 1. The molecule has 0 aliphatic heterocycles. The molecule has 2 aromatic heterocycles. The van der Waals surface area contributed by atoms with Crippen molar-refractivity contribution in [2.45, 2.75) is 59.3 Å². The van der Waals surface area contributed by atoms with E-state index in [2.05, 4.69) is 124 Å². The number of aromatic nitrogens is 3. The third kappa shape index (κ3) is 8.64. The van der Waals surface area contributed by atoms with Crippen LogP contribution < -0.4 is 0 Å². The van der Waals surface area contributed by atoms with Gasteiger partial charge in [0.05, 0.1) is 11.4 Å². The molecule has 0 fully saturated rings. The summed E-state index contributed by atoms with van der Waals surface area (Å²) in [6, 6.07) is 31.4. The highest BCUT2D eigenvalue weighted by atomic mass is 32.1. The largest absolute Gasteiger partial charge is 0.232 e. The Morgan fingerprint density at radius 3 is 2.10 bits per heavy atom. The smallest absolute Gasteiger partial charge is 0.164 e. The molecule has 1 aliphatic carbocycles. The minimum absolute atomic E-state index is 0.253. The molecule has 0 unspecified atom stereocenters. The Bertz CT molecular complexity index is 2200. The number of hydrogen-bond acceptors (Lipinski definition) is 5. The van der Waals surface area contributed by atoms with Gasteiger partial charge < -0.3 is 0 Å². The molecule has 5 nitrogen and oxygen atoms in total. The van der Waals surface area contributed by atoms with Crippen molar-refractivity contribution in [2.75, 3.05) is 0 Å². The first-order valence-corrected chi connectivity index (χ1v) is 18.7. The second-order valence-electron chi connectivity index (χ2n) is 13.3. The van der Waals surface area contributed by atoms with E-state index < -0.39 is 0 Å². The number of thiophene rings is 1. The predicted octanol–water partition coefficient (Wildman–Crippen LogP) is 12.1. The van der Waals surface area contributed by atoms with Gasteiger partial charge in [0.15, 0.2) is 23.3 Å². The highest BCUT2D eigenvalue weighted by Gasteiger charge is 2.24. The Kier molecular flexibility index (Phi) is 11.6. The maximum absolute atomic E-state index is 4.97. The quantitative estimate of drug-likeness (QED) is 0.0783. The molecule has 260 valence electrons. The lowest BCUT2D eigenvalue weighted by Gasteiger charge is -2.26. The van der Waals surface area contributed by atoms with Crippen LogP contribution in [0.25, 0.3) is 34.0 Å². The van der Waals surface area contributed by atoms with E-state index in [-0.39, 0.29) is 5.41 Å². The van der Waals surface area contributed by atoms with Crippen molar-refractivity contribution in [3.05, 3.63) is 172 Å².